The van der Waals surface area contributed by atoms with E-state index < -0.39 is 5.97 Å². The second-order valence-electron chi connectivity index (χ2n) is 6.94. The van der Waals surface area contributed by atoms with Crippen molar-refractivity contribution >= 4 is 28.5 Å². The predicted octanol–water partition coefficient (Wildman–Crippen LogP) is 4.49. The molecule has 0 bridgehead atoms. The summed E-state index contributed by atoms with van der Waals surface area (Å²) in [6, 6.07) is 6.61. The van der Waals surface area contributed by atoms with Gasteiger partial charge in [-0.25, -0.2) is 4.79 Å². The van der Waals surface area contributed by atoms with Gasteiger partial charge in [-0.05, 0) is 27.7 Å². The molecule has 0 spiro atoms. The number of aryl methyl sites for hydroxylation is 1. The molecule has 1 aliphatic carbocycles. The van der Waals surface area contributed by atoms with Crippen molar-refractivity contribution in [1.29, 1.82) is 0 Å². The van der Waals surface area contributed by atoms with Crippen LogP contribution >= 0.6 is 0 Å². The first-order chi connectivity index (χ1) is 15.0. The number of carbonyl (C=O) groups is 3. The number of ketones is 2. The first kappa shape index (κ1) is 20.7. The molecule has 2 aromatic carbocycles. The Balaban J connectivity index is 2.18. The fraction of sp³-hybridized carbons (Fsp3) is 0.292. The Hall–Kier alpha value is -3.61. The molecule has 0 N–H and O–H groups in total. The van der Waals surface area contributed by atoms with Crippen molar-refractivity contribution in [1.82, 2.24) is 0 Å². The van der Waals surface area contributed by atoms with Gasteiger partial charge in [0.05, 0.1) is 36.3 Å². The lowest BCUT2D eigenvalue weighted by atomic mass is 9.82. The summed E-state index contributed by atoms with van der Waals surface area (Å²) >= 11 is 0. The largest absolute Gasteiger partial charge is 0.492 e. The maximum absolute atomic E-state index is 13.5. The minimum atomic E-state index is -0.600. The molecule has 0 atom stereocenters. The molecule has 1 aromatic heterocycles. The quantitative estimate of drug-likeness (QED) is 0.423. The summed E-state index contributed by atoms with van der Waals surface area (Å²) < 4.78 is 22.8. The molecule has 3 aromatic rings. The number of rotatable bonds is 6. The minimum Gasteiger partial charge on any atom is -0.492 e. The Morgan fingerprint density at radius 1 is 0.871 bits per heavy atom. The fourth-order valence-electron chi connectivity index (χ4n) is 3.99. The van der Waals surface area contributed by atoms with E-state index in [2.05, 4.69) is 0 Å². The van der Waals surface area contributed by atoms with Crippen molar-refractivity contribution in [2.45, 2.75) is 27.7 Å². The number of hydrogen-bond acceptors (Lipinski definition) is 7. The van der Waals surface area contributed by atoms with Gasteiger partial charge in [-0.2, -0.15) is 0 Å². The average Bonchev–Trinajstić information content (AvgIpc) is 3.10. The van der Waals surface area contributed by atoms with Gasteiger partial charge in [0.1, 0.15) is 17.1 Å². The first-order valence-electron chi connectivity index (χ1n) is 10.2. The van der Waals surface area contributed by atoms with Crippen LogP contribution in [0.4, 0.5) is 0 Å². The highest BCUT2D eigenvalue weighted by atomic mass is 16.5. The lowest BCUT2D eigenvalue weighted by Gasteiger charge is -2.23. The maximum Gasteiger partial charge on any atom is 0.342 e. The summed E-state index contributed by atoms with van der Waals surface area (Å²) in [6.45, 7) is 7.45. The van der Waals surface area contributed by atoms with E-state index in [0.717, 1.165) is 0 Å². The third kappa shape index (κ3) is 3.00. The molecule has 7 nitrogen and oxygen atoms in total. The molecule has 7 heteroatoms. The molecule has 0 radical (unpaired) electrons. The molecule has 1 aliphatic rings. The van der Waals surface area contributed by atoms with Crippen LogP contribution in [0.2, 0.25) is 0 Å². The third-order valence-electron chi connectivity index (χ3n) is 5.15. The SMILES string of the molecule is CCOC(=O)c1c(C)oc2c(OCC)c3c(c(OCC)c12)C(=O)c1ccccc1C3=O. The van der Waals surface area contributed by atoms with Gasteiger partial charge in [0.25, 0.3) is 0 Å². The second-order valence-corrected chi connectivity index (χ2v) is 6.94. The van der Waals surface area contributed by atoms with E-state index in [1.807, 2.05) is 0 Å². The predicted molar refractivity (Wildman–Crippen MR) is 113 cm³/mol. The molecular formula is C24H22O7. The van der Waals surface area contributed by atoms with Crippen LogP contribution in [0.25, 0.3) is 11.0 Å². The van der Waals surface area contributed by atoms with Gasteiger partial charge < -0.3 is 18.6 Å². The van der Waals surface area contributed by atoms with Crippen LogP contribution in [-0.4, -0.2) is 37.4 Å². The number of hydrogen-bond donors (Lipinski definition) is 0. The van der Waals surface area contributed by atoms with Crippen molar-refractivity contribution < 1.29 is 33.0 Å². The Morgan fingerprint density at radius 3 is 1.97 bits per heavy atom. The zero-order valence-electron chi connectivity index (χ0n) is 17.8. The smallest absolute Gasteiger partial charge is 0.342 e. The highest BCUT2D eigenvalue weighted by molar-refractivity contribution is 6.33. The zero-order chi connectivity index (χ0) is 22.3. The summed E-state index contributed by atoms with van der Waals surface area (Å²) in [5.41, 5.74) is 1.07. The minimum absolute atomic E-state index is 0.0767. The first-order valence-corrected chi connectivity index (χ1v) is 10.2. The topological polar surface area (TPSA) is 92.0 Å². The average molecular weight is 422 g/mol. The number of ether oxygens (including phenoxy) is 3. The highest BCUT2D eigenvalue weighted by Crippen LogP contribution is 2.48. The van der Waals surface area contributed by atoms with Crippen molar-refractivity contribution in [3.8, 4) is 11.5 Å². The van der Waals surface area contributed by atoms with E-state index in [1.165, 1.54) is 0 Å². The highest BCUT2D eigenvalue weighted by Gasteiger charge is 2.40. The van der Waals surface area contributed by atoms with Crippen molar-refractivity contribution in [3.05, 3.63) is 57.8 Å². The summed E-state index contributed by atoms with van der Waals surface area (Å²) in [7, 11) is 0. The molecular weight excluding hydrogens is 400 g/mol. The van der Waals surface area contributed by atoms with Crippen LogP contribution in [0.5, 0.6) is 11.5 Å². The van der Waals surface area contributed by atoms with E-state index in [4.69, 9.17) is 18.6 Å². The Morgan fingerprint density at radius 2 is 1.42 bits per heavy atom. The lowest BCUT2D eigenvalue weighted by molar-refractivity contribution is 0.0526. The monoisotopic (exact) mass is 422 g/mol. The van der Waals surface area contributed by atoms with Crippen LogP contribution in [-0.2, 0) is 4.74 Å². The maximum atomic E-state index is 13.5. The Bertz CT molecular complexity index is 1230. The van der Waals surface area contributed by atoms with Crippen molar-refractivity contribution in [2.24, 2.45) is 0 Å². The number of esters is 1. The summed E-state index contributed by atoms with van der Waals surface area (Å²) in [5.74, 6) is -0.785. The molecule has 31 heavy (non-hydrogen) atoms. The molecule has 0 saturated carbocycles. The van der Waals surface area contributed by atoms with Gasteiger partial charge in [-0.3, -0.25) is 9.59 Å². The van der Waals surface area contributed by atoms with Crippen molar-refractivity contribution in [3.63, 3.8) is 0 Å². The summed E-state index contributed by atoms with van der Waals surface area (Å²) in [6.07, 6.45) is 0. The van der Waals surface area contributed by atoms with Gasteiger partial charge in [0, 0.05) is 11.1 Å². The molecule has 160 valence electrons. The lowest BCUT2D eigenvalue weighted by Crippen LogP contribution is -2.23. The van der Waals surface area contributed by atoms with Gasteiger partial charge in [-0.1, -0.05) is 24.3 Å². The standard InChI is InChI=1S/C24H22O7/c1-5-28-21-16-17(20(26)14-11-9-8-10-13(14)19(16)25)22(29-6-2)23-18(21)15(12(4)31-23)24(27)30-7-3/h8-11H,5-7H2,1-4H3. The van der Waals surface area contributed by atoms with E-state index in [0.29, 0.717) is 0 Å². The number of carbonyl (C=O) groups excluding carboxylic acids is 3. The van der Waals surface area contributed by atoms with Gasteiger partial charge in [-0.15, -0.1) is 0 Å². The van der Waals surface area contributed by atoms with Gasteiger partial charge in [0.2, 0.25) is 0 Å². The van der Waals surface area contributed by atoms with Gasteiger partial charge in [0.15, 0.2) is 22.9 Å². The molecule has 1 heterocycles. The van der Waals surface area contributed by atoms with E-state index in [9.17, 15) is 14.4 Å². The summed E-state index contributed by atoms with van der Waals surface area (Å²) in [5, 5.41) is 0.278. The van der Waals surface area contributed by atoms with Crippen LogP contribution in [0.1, 0.15) is 68.7 Å². The van der Waals surface area contributed by atoms with Crippen LogP contribution in [0, 0.1) is 6.92 Å². The second kappa shape index (κ2) is 7.91. The van der Waals surface area contributed by atoms with Crippen molar-refractivity contribution in [2.75, 3.05) is 19.8 Å². The third-order valence-corrected chi connectivity index (χ3v) is 5.15. The Kier molecular flexibility index (Phi) is 5.27. The molecule has 0 saturated heterocycles. The molecule has 4 rings (SSSR count). The molecule has 0 aliphatic heterocycles. The number of benzene rings is 2. The van der Waals surface area contributed by atoms with Crippen LogP contribution in [0.3, 0.4) is 0 Å². The zero-order valence-corrected chi connectivity index (χ0v) is 17.8. The van der Waals surface area contributed by atoms with Gasteiger partial charge >= 0.3 is 5.97 Å². The van der Waals surface area contributed by atoms with E-state index >= 15 is 0 Å². The number of furan rings is 1. The van der Waals surface area contributed by atoms with Crippen LogP contribution in [0.15, 0.2) is 28.7 Å². The Labute approximate surface area is 178 Å². The number of fused-ring (bicyclic) bond motifs is 3. The molecule has 0 unspecified atom stereocenters. The molecule has 0 amide bonds. The molecule has 0 fully saturated rings. The van der Waals surface area contributed by atoms with E-state index in [-0.39, 0.29) is 87.4 Å². The fourth-order valence-corrected chi connectivity index (χ4v) is 3.99. The summed E-state index contributed by atoms with van der Waals surface area (Å²) in [4.78, 5) is 39.7. The normalized spacial score (nSPS) is 12.5. The van der Waals surface area contributed by atoms with Crippen LogP contribution < -0.4 is 9.47 Å². The van der Waals surface area contributed by atoms with E-state index in [1.54, 1.807) is 52.0 Å².